The van der Waals surface area contributed by atoms with Gasteiger partial charge in [0.2, 0.25) is 5.91 Å². The summed E-state index contributed by atoms with van der Waals surface area (Å²) in [7, 11) is 1.38. The van der Waals surface area contributed by atoms with Crippen LogP contribution in [0.25, 0.3) is 0 Å². The molecular formula is C37H39N3O4S3. The molecular weight excluding hydrogens is 647 g/mol. The van der Waals surface area contributed by atoms with Crippen molar-refractivity contribution in [1.29, 1.82) is 0 Å². The van der Waals surface area contributed by atoms with Crippen LogP contribution in [0.15, 0.2) is 83.8 Å². The number of carbonyl (C=O) groups is 3. The SMILES string of the molecule is COC(=O)c1c(NC(=O)C(Sc2cccc(NC(=S)Nc3ccc(C(C)=O)cc3)c2)c2ccccc2)sc2c1CCC(C(C)(C)C)C2. The van der Waals surface area contributed by atoms with Gasteiger partial charge in [-0.3, -0.25) is 9.59 Å². The second-order valence-electron chi connectivity index (χ2n) is 12.6. The molecule has 3 N–H and O–H groups in total. The first-order chi connectivity index (χ1) is 22.4. The van der Waals surface area contributed by atoms with Crippen LogP contribution in [0, 0.1) is 11.3 Å². The quantitative estimate of drug-likeness (QED) is 0.0695. The lowest BCUT2D eigenvalue weighted by Crippen LogP contribution is -2.26. The summed E-state index contributed by atoms with van der Waals surface area (Å²) in [6, 6.07) is 24.4. The molecule has 4 aromatic rings. The van der Waals surface area contributed by atoms with E-state index in [2.05, 4.69) is 36.7 Å². The molecule has 2 atom stereocenters. The Balaban J connectivity index is 1.35. The Labute approximate surface area is 289 Å². The molecule has 47 heavy (non-hydrogen) atoms. The number of amides is 1. The molecule has 2 unspecified atom stereocenters. The van der Waals surface area contributed by atoms with Crippen LogP contribution in [0.3, 0.4) is 0 Å². The fourth-order valence-electron chi connectivity index (χ4n) is 5.67. The minimum Gasteiger partial charge on any atom is -0.465 e. The summed E-state index contributed by atoms with van der Waals surface area (Å²) in [4.78, 5) is 40.7. The van der Waals surface area contributed by atoms with E-state index in [1.807, 2.05) is 54.6 Å². The van der Waals surface area contributed by atoms with Gasteiger partial charge in [-0.25, -0.2) is 4.79 Å². The summed E-state index contributed by atoms with van der Waals surface area (Å²) in [5.41, 5.74) is 4.62. The van der Waals surface area contributed by atoms with Crippen molar-refractivity contribution in [2.24, 2.45) is 11.3 Å². The van der Waals surface area contributed by atoms with Gasteiger partial charge in [0.05, 0.1) is 12.7 Å². The summed E-state index contributed by atoms with van der Waals surface area (Å²) >= 11 is 8.45. The highest BCUT2D eigenvalue weighted by Crippen LogP contribution is 2.45. The smallest absolute Gasteiger partial charge is 0.341 e. The highest BCUT2D eigenvalue weighted by molar-refractivity contribution is 8.00. The zero-order valence-corrected chi connectivity index (χ0v) is 29.6. The van der Waals surface area contributed by atoms with Crippen molar-refractivity contribution >= 4 is 74.5 Å². The third kappa shape index (κ3) is 8.49. The number of ketones is 1. The van der Waals surface area contributed by atoms with E-state index in [-0.39, 0.29) is 17.1 Å². The largest absolute Gasteiger partial charge is 0.465 e. The molecule has 244 valence electrons. The molecule has 0 saturated carbocycles. The zero-order valence-electron chi connectivity index (χ0n) is 27.1. The number of anilines is 3. The molecule has 1 aliphatic rings. The van der Waals surface area contributed by atoms with E-state index in [1.165, 1.54) is 37.1 Å². The molecule has 0 aliphatic heterocycles. The lowest BCUT2D eigenvalue weighted by atomic mass is 9.72. The first kappa shape index (κ1) is 34.3. The summed E-state index contributed by atoms with van der Waals surface area (Å²) in [6.07, 6.45) is 2.65. The molecule has 1 amide bonds. The Morgan fingerprint density at radius 1 is 0.936 bits per heavy atom. The molecule has 1 heterocycles. The zero-order chi connectivity index (χ0) is 33.7. The topological polar surface area (TPSA) is 96.5 Å². The monoisotopic (exact) mass is 685 g/mol. The van der Waals surface area contributed by atoms with E-state index < -0.39 is 11.2 Å². The van der Waals surface area contributed by atoms with Gasteiger partial charge in [-0.1, -0.05) is 57.2 Å². The predicted octanol–water partition coefficient (Wildman–Crippen LogP) is 9.17. The van der Waals surface area contributed by atoms with Crippen molar-refractivity contribution in [3.05, 3.63) is 106 Å². The number of carbonyl (C=O) groups excluding carboxylic acids is 3. The van der Waals surface area contributed by atoms with Gasteiger partial charge in [-0.2, -0.15) is 0 Å². The molecule has 0 saturated heterocycles. The number of methoxy groups -OCH3 is 1. The first-order valence-corrected chi connectivity index (χ1v) is 17.6. The van der Waals surface area contributed by atoms with Gasteiger partial charge >= 0.3 is 5.97 Å². The lowest BCUT2D eigenvalue weighted by molar-refractivity contribution is -0.115. The molecule has 3 aromatic carbocycles. The lowest BCUT2D eigenvalue weighted by Gasteiger charge is -2.33. The minimum absolute atomic E-state index is 0.00158. The third-order valence-corrected chi connectivity index (χ3v) is 11.0. The second-order valence-corrected chi connectivity index (χ2v) is 15.3. The normalized spacial score (nSPS) is 14.8. The van der Waals surface area contributed by atoms with Crippen LogP contribution >= 0.6 is 35.3 Å². The van der Waals surface area contributed by atoms with Crippen molar-refractivity contribution in [3.63, 3.8) is 0 Å². The maximum atomic E-state index is 14.1. The van der Waals surface area contributed by atoms with E-state index in [1.54, 1.807) is 24.3 Å². The maximum Gasteiger partial charge on any atom is 0.341 e. The van der Waals surface area contributed by atoms with Crippen molar-refractivity contribution < 1.29 is 19.1 Å². The molecule has 0 fully saturated rings. The maximum absolute atomic E-state index is 14.1. The average Bonchev–Trinajstić information content (AvgIpc) is 3.40. The highest BCUT2D eigenvalue weighted by atomic mass is 32.2. The second kappa shape index (κ2) is 14.8. The molecule has 5 rings (SSSR count). The van der Waals surface area contributed by atoms with Crippen molar-refractivity contribution in [2.75, 3.05) is 23.1 Å². The Hall–Kier alpha value is -3.99. The molecule has 7 nitrogen and oxygen atoms in total. The number of benzene rings is 3. The van der Waals surface area contributed by atoms with Crippen LogP contribution < -0.4 is 16.0 Å². The van der Waals surface area contributed by atoms with Gasteiger partial charge in [-0.15, -0.1) is 23.1 Å². The van der Waals surface area contributed by atoms with E-state index >= 15 is 0 Å². The van der Waals surface area contributed by atoms with Gasteiger partial charge in [-0.05, 0) is 103 Å². The number of fused-ring (bicyclic) bond motifs is 1. The standard InChI is InChI=1S/C37H39N3O4S3/c1-22(41)23-14-17-26(18-15-23)38-36(45)39-27-12-9-13-28(21-27)46-32(24-10-7-6-8-11-24)33(42)40-34-31(35(43)44-5)29-19-16-25(37(2,3)4)20-30(29)47-34/h6-15,17-18,21,25,32H,16,19-20H2,1-5H3,(H,40,42)(H2,38,39,45). The van der Waals surface area contributed by atoms with Gasteiger partial charge in [0.15, 0.2) is 10.9 Å². The van der Waals surface area contributed by atoms with Crippen LogP contribution in [0.2, 0.25) is 0 Å². The van der Waals surface area contributed by atoms with Crippen LogP contribution in [-0.2, 0) is 22.4 Å². The number of thiocarbonyl (C=S) groups is 1. The molecule has 1 aliphatic carbocycles. The van der Waals surface area contributed by atoms with E-state index in [0.717, 1.165) is 51.5 Å². The molecule has 0 spiro atoms. The molecule has 0 bridgehead atoms. The summed E-state index contributed by atoms with van der Waals surface area (Å²) < 4.78 is 5.19. The number of hydrogen-bond acceptors (Lipinski definition) is 7. The number of ether oxygens (including phenoxy) is 1. The fourth-order valence-corrected chi connectivity index (χ4v) is 8.31. The number of nitrogens with one attached hydrogen (secondary N) is 3. The van der Waals surface area contributed by atoms with Crippen LogP contribution in [0.1, 0.15) is 76.1 Å². The molecule has 1 aromatic heterocycles. The summed E-state index contributed by atoms with van der Waals surface area (Å²) in [5, 5.41) is 9.83. The van der Waals surface area contributed by atoms with Crippen molar-refractivity contribution in [3.8, 4) is 0 Å². The van der Waals surface area contributed by atoms with Crippen molar-refractivity contribution in [2.45, 2.75) is 57.1 Å². The Bertz CT molecular complexity index is 1780. The van der Waals surface area contributed by atoms with Gasteiger partial charge in [0.1, 0.15) is 10.3 Å². The number of esters is 1. The van der Waals surface area contributed by atoms with E-state index in [9.17, 15) is 14.4 Å². The van der Waals surface area contributed by atoms with Crippen LogP contribution in [0.5, 0.6) is 0 Å². The fraction of sp³-hybridized carbons (Fsp3) is 0.297. The van der Waals surface area contributed by atoms with E-state index in [4.69, 9.17) is 17.0 Å². The number of hydrogen-bond donors (Lipinski definition) is 3. The Morgan fingerprint density at radius 3 is 2.30 bits per heavy atom. The first-order valence-electron chi connectivity index (χ1n) is 15.5. The van der Waals surface area contributed by atoms with Crippen LogP contribution in [0.4, 0.5) is 16.4 Å². The highest BCUT2D eigenvalue weighted by Gasteiger charge is 2.35. The number of thioether (sulfide) groups is 1. The van der Waals surface area contributed by atoms with Crippen LogP contribution in [-0.4, -0.2) is 29.9 Å². The third-order valence-electron chi connectivity index (χ3n) is 8.35. The summed E-state index contributed by atoms with van der Waals surface area (Å²) in [5.74, 6) is -0.149. The van der Waals surface area contributed by atoms with Gasteiger partial charge in [0.25, 0.3) is 0 Å². The van der Waals surface area contributed by atoms with Crippen molar-refractivity contribution in [1.82, 2.24) is 0 Å². The summed E-state index contributed by atoms with van der Waals surface area (Å²) in [6.45, 7) is 8.30. The average molecular weight is 686 g/mol. The Morgan fingerprint density at radius 2 is 1.64 bits per heavy atom. The minimum atomic E-state index is -0.594. The van der Waals surface area contributed by atoms with Gasteiger partial charge < -0.3 is 20.7 Å². The molecule has 10 heteroatoms. The van der Waals surface area contributed by atoms with E-state index in [0.29, 0.717) is 27.2 Å². The number of thiophene rings is 1. The number of Topliss-reactive ketones (excluding diaryl/α,β-unsaturated/α-hetero) is 1. The molecule has 0 radical (unpaired) electrons. The Kier molecular flexibility index (Phi) is 10.8. The number of rotatable bonds is 9. The predicted molar refractivity (Wildman–Crippen MR) is 197 cm³/mol. The van der Waals surface area contributed by atoms with Gasteiger partial charge in [0, 0.05) is 26.7 Å².